The van der Waals surface area contributed by atoms with Gasteiger partial charge >= 0.3 is 6.09 Å². The van der Waals surface area contributed by atoms with Crippen LogP contribution >= 0.6 is 12.2 Å². The molecule has 0 radical (unpaired) electrons. The molecule has 1 aromatic rings. The van der Waals surface area contributed by atoms with Gasteiger partial charge in [-0.1, -0.05) is 26.0 Å². The van der Waals surface area contributed by atoms with Crippen LogP contribution in [0.1, 0.15) is 46.1 Å². The van der Waals surface area contributed by atoms with Crippen molar-refractivity contribution in [2.24, 2.45) is 0 Å². The zero-order valence-electron chi connectivity index (χ0n) is 14.4. The molecule has 6 heteroatoms. The van der Waals surface area contributed by atoms with Crippen LogP contribution in [0.15, 0.2) is 18.2 Å². The summed E-state index contributed by atoms with van der Waals surface area (Å²) < 4.78 is 18.3. The Labute approximate surface area is 142 Å². The molecule has 0 spiro atoms. The van der Waals surface area contributed by atoms with E-state index in [1.165, 1.54) is 4.31 Å². The Morgan fingerprint density at radius 1 is 1.39 bits per heavy atom. The van der Waals surface area contributed by atoms with E-state index in [-0.39, 0.29) is 11.7 Å². The highest BCUT2D eigenvalue weighted by atomic mass is 32.2. The molecule has 0 unspecified atom stereocenters. The predicted molar refractivity (Wildman–Crippen MR) is 91.7 cm³/mol. The molecule has 128 valence electrons. The molecule has 1 aliphatic rings. The highest BCUT2D eigenvalue weighted by Gasteiger charge is 2.33. The van der Waals surface area contributed by atoms with E-state index in [1.807, 2.05) is 26.0 Å². The van der Waals surface area contributed by atoms with E-state index in [2.05, 4.69) is 13.8 Å². The van der Waals surface area contributed by atoms with E-state index < -0.39 is 6.09 Å². The molecular weight excluding hydrogens is 314 g/mol. The van der Waals surface area contributed by atoms with Gasteiger partial charge in [-0.15, -0.1) is 0 Å². The van der Waals surface area contributed by atoms with Crippen molar-refractivity contribution in [1.82, 2.24) is 4.31 Å². The van der Waals surface area contributed by atoms with E-state index in [1.54, 1.807) is 13.1 Å². The summed E-state index contributed by atoms with van der Waals surface area (Å²) >= 11 is 1.01. The van der Waals surface area contributed by atoms with Crippen LogP contribution in [0.3, 0.4) is 0 Å². The van der Waals surface area contributed by atoms with Crippen LogP contribution in [0, 0.1) is 0 Å². The summed E-state index contributed by atoms with van der Waals surface area (Å²) in [6.07, 6.45) is 2.25. The minimum Gasteiger partial charge on any atom is -0.483 e. The van der Waals surface area contributed by atoms with E-state index in [0.29, 0.717) is 11.5 Å². The van der Waals surface area contributed by atoms with Crippen LogP contribution in [0.25, 0.3) is 0 Å². The zero-order valence-corrected chi connectivity index (χ0v) is 15.2. The fourth-order valence-corrected chi connectivity index (χ4v) is 3.03. The molecule has 1 aromatic carbocycles. The fourth-order valence-electron chi connectivity index (χ4n) is 2.41. The van der Waals surface area contributed by atoms with Gasteiger partial charge in [0.15, 0.2) is 11.5 Å². The predicted octanol–water partition coefficient (Wildman–Crippen LogP) is 4.60. The van der Waals surface area contributed by atoms with Crippen molar-refractivity contribution in [3.05, 3.63) is 23.8 Å². The van der Waals surface area contributed by atoms with Crippen LogP contribution in [0.2, 0.25) is 0 Å². The van der Waals surface area contributed by atoms with Crippen molar-refractivity contribution in [2.45, 2.75) is 58.7 Å². The van der Waals surface area contributed by atoms with Gasteiger partial charge in [0.25, 0.3) is 0 Å². The average Bonchev–Trinajstić information content (AvgIpc) is 2.83. The Kier molecular flexibility index (Phi) is 5.81. The Balaban J connectivity index is 1.98. The molecule has 0 fully saturated rings. The largest absolute Gasteiger partial charge is 0.483 e. The summed E-state index contributed by atoms with van der Waals surface area (Å²) in [5.41, 5.74) is 0.785. The van der Waals surface area contributed by atoms with Crippen molar-refractivity contribution in [2.75, 3.05) is 7.05 Å². The maximum atomic E-state index is 12.2. The van der Waals surface area contributed by atoms with Crippen molar-refractivity contribution in [3.8, 4) is 11.5 Å². The zero-order chi connectivity index (χ0) is 17.0. The number of nitrogens with zero attached hydrogens (tertiary/aromatic N) is 1. The topological polar surface area (TPSA) is 48.0 Å². The van der Waals surface area contributed by atoms with Gasteiger partial charge in [0.2, 0.25) is 0 Å². The van der Waals surface area contributed by atoms with Gasteiger partial charge in [0, 0.05) is 19.0 Å². The second-order valence-electron chi connectivity index (χ2n) is 6.26. The lowest BCUT2D eigenvalue weighted by atomic mass is 10.0. The van der Waals surface area contributed by atoms with Gasteiger partial charge in [0.1, 0.15) is 17.8 Å². The third-order valence-electron chi connectivity index (χ3n) is 3.71. The third-order valence-corrected chi connectivity index (χ3v) is 4.44. The number of rotatable bonds is 6. The monoisotopic (exact) mass is 339 g/mol. The highest BCUT2D eigenvalue weighted by Crippen LogP contribution is 2.42. The van der Waals surface area contributed by atoms with Crippen molar-refractivity contribution < 1.29 is 18.5 Å². The van der Waals surface area contributed by atoms with Gasteiger partial charge in [-0.05, 0) is 32.8 Å². The van der Waals surface area contributed by atoms with Crippen molar-refractivity contribution >= 4 is 18.3 Å². The van der Waals surface area contributed by atoms with E-state index in [9.17, 15) is 4.79 Å². The van der Waals surface area contributed by atoms with Crippen molar-refractivity contribution in [1.29, 1.82) is 0 Å². The number of fused-ring (bicyclic) bond motifs is 1. The summed E-state index contributed by atoms with van der Waals surface area (Å²) in [7, 11) is 1.63. The molecule has 0 atom stereocenters. The molecular formula is C17H25NO4S. The summed E-state index contributed by atoms with van der Waals surface area (Å²) in [6, 6.07) is 5.62. The van der Waals surface area contributed by atoms with Crippen LogP contribution < -0.4 is 9.47 Å². The molecule has 0 bridgehead atoms. The lowest BCUT2D eigenvalue weighted by Gasteiger charge is -2.20. The van der Waals surface area contributed by atoms with Crippen LogP contribution in [-0.4, -0.2) is 29.2 Å². The number of carbonyl (C=O) groups excluding carboxylic acids is 1. The second-order valence-corrected chi connectivity index (χ2v) is 7.15. The third kappa shape index (κ3) is 4.54. The summed E-state index contributed by atoms with van der Waals surface area (Å²) in [4.78, 5) is 12.2. The summed E-state index contributed by atoms with van der Waals surface area (Å²) in [5.74, 6) is 1.11. The maximum Gasteiger partial charge on any atom is 0.426 e. The molecule has 0 N–H and O–H groups in total. The fraction of sp³-hybridized carbons (Fsp3) is 0.588. The molecule has 5 nitrogen and oxygen atoms in total. The Morgan fingerprint density at radius 3 is 2.74 bits per heavy atom. The number of benzene rings is 1. The van der Waals surface area contributed by atoms with Gasteiger partial charge < -0.3 is 9.47 Å². The normalized spacial score (nSPS) is 15.2. The highest BCUT2D eigenvalue weighted by molar-refractivity contribution is 7.92. The van der Waals surface area contributed by atoms with Gasteiger partial charge in [-0.2, -0.15) is 0 Å². The lowest BCUT2D eigenvalue weighted by molar-refractivity contribution is 0.131. The standard InChI is InChI=1S/C17H25NO4S/c1-6-13(7-2)22-23-18(5)16(19)20-14-10-8-9-12-11-17(3,4)21-15(12)14/h8-10,13H,6-7,11H2,1-5H3. The number of para-hydroxylation sites is 1. The first-order chi connectivity index (χ1) is 10.9. The quantitative estimate of drug-likeness (QED) is 0.560. The smallest absolute Gasteiger partial charge is 0.426 e. The average molecular weight is 339 g/mol. The second kappa shape index (κ2) is 7.45. The summed E-state index contributed by atoms with van der Waals surface area (Å²) in [5, 5.41) is 0. The minimum atomic E-state index is -0.484. The molecule has 1 heterocycles. The van der Waals surface area contributed by atoms with Gasteiger partial charge in [-0.3, -0.25) is 4.18 Å². The van der Waals surface area contributed by atoms with Gasteiger partial charge in [-0.25, -0.2) is 9.10 Å². The Morgan fingerprint density at radius 2 is 2.09 bits per heavy atom. The molecule has 0 saturated heterocycles. The Hall–Kier alpha value is -1.40. The first-order valence-corrected chi connectivity index (χ1v) is 8.66. The SMILES string of the molecule is CCC(CC)OSN(C)C(=O)Oc1cccc2c1OC(C)(C)C2. The van der Waals surface area contributed by atoms with E-state index in [0.717, 1.165) is 37.1 Å². The van der Waals surface area contributed by atoms with E-state index in [4.69, 9.17) is 13.7 Å². The lowest BCUT2D eigenvalue weighted by Crippen LogP contribution is -2.26. The molecule has 0 aliphatic carbocycles. The van der Waals surface area contributed by atoms with Crippen LogP contribution in [0.4, 0.5) is 4.79 Å². The number of carbonyl (C=O) groups is 1. The molecule has 2 rings (SSSR count). The van der Waals surface area contributed by atoms with Crippen LogP contribution in [0.5, 0.6) is 11.5 Å². The van der Waals surface area contributed by atoms with Crippen molar-refractivity contribution in [3.63, 3.8) is 0 Å². The minimum absolute atomic E-state index is 0.125. The van der Waals surface area contributed by atoms with Crippen LogP contribution in [-0.2, 0) is 10.6 Å². The molecule has 0 aromatic heterocycles. The number of hydrogen-bond acceptors (Lipinski definition) is 5. The molecule has 23 heavy (non-hydrogen) atoms. The molecule has 1 amide bonds. The number of hydrogen-bond donors (Lipinski definition) is 0. The maximum absolute atomic E-state index is 12.2. The van der Waals surface area contributed by atoms with Gasteiger partial charge in [0.05, 0.1) is 6.10 Å². The first-order valence-electron chi connectivity index (χ1n) is 7.96. The first kappa shape index (κ1) is 17.9. The molecule has 0 saturated carbocycles. The van der Waals surface area contributed by atoms with E-state index >= 15 is 0 Å². The molecule has 1 aliphatic heterocycles. The number of amides is 1. The summed E-state index contributed by atoms with van der Waals surface area (Å²) in [6.45, 7) is 8.15. The Bertz CT molecular complexity index is 558. The number of ether oxygens (including phenoxy) is 2.